The number of aromatic amines is 1. The van der Waals surface area contributed by atoms with Crippen LogP contribution in [0, 0.1) is 20.8 Å². The number of aromatic nitrogens is 6. The molecule has 0 fully saturated rings. The molecule has 0 saturated carbocycles. The van der Waals surface area contributed by atoms with Crippen molar-refractivity contribution in [3.63, 3.8) is 0 Å². The van der Waals surface area contributed by atoms with Gasteiger partial charge < -0.3 is 5.32 Å². The van der Waals surface area contributed by atoms with Crippen molar-refractivity contribution >= 4 is 34.4 Å². The topological polar surface area (TPSA) is 110 Å². The van der Waals surface area contributed by atoms with E-state index >= 15 is 0 Å². The Morgan fingerprint density at radius 3 is 2.59 bits per heavy atom. The van der Waals surface area contributed by atoms with E-state index < -0.39 is 5.91 Å². The van der Waals surface area contributed by atoms with Crippen LogP contribution in [0.15, 0.2) is 59.5 Å². The highest BCUT2D eigenvalue weighted by Gasteiger charge is 2.18. The number of hydrogen-bond acceptors (Lipinski definition) is 5. The van der Waals surface area contributed by atoms with Crippen LogP contribution in [0.2, 0.25) is 5.02 Å². The van der Waals surface area contributed by atoms with Gasteiger partial charge in [-0.3, -0.25) is 14.6 Å². The van der Waals surface area contributed by atoms with Crippen molar-refractivity contribution in [1.29, 1.82) is 0 Å². The van der Waals surface area contributed by atoms with E-state index in [2.05, 4.69) is 25.5 Å². The van der Waals surface area contributed by atoms with E-state index in [4.69, 9.17) is 11.6 Å². The normalized spacial score (nSPS) is 11.2. The predicted octanol–water partition coefficient (Wildman–Crippen LogP) is 4.13. The molecule has 0 atom stereocenters. The molecule has 0 radical (unpaired) electrons. The van der Waals surface area contributed by atoms with Crippen LogP contribution in [0.25, 0.3) is 22.7 Å². The van der Waals surface area contributed by atoms with E-state index in [0.29, 0.717) is 33.1 Å². The lowest BCUT2D eigenvalue weighted by Gasteiger charge is -2.10. The zero-order valence-electron chi connectivity index (χ0n) is 18.6. The number of aryl methyl sites for hydroxylation is 3. The average molecular weight is 474 g/mol. The fraction of sp³-hybridized carbons (Fsp3) is 0.125. The third-order valence-electron chi connectivity index (χ3n) is 5.55. The molecule has 10 heteroatoms. The maximum atomic E-state index is 12.9. The number of anilines is 1. The van der Waals surface area contributed by atoms with Crippen molar-refractivity contribution in [3.8, 4) is 11.6 Å². The lowest BCUT2D eigenvalue weighted by molar-refractivity contribution is 0.102. The zero-order chi connectivity index (χ0) is 24.0. The third kappa shape index (κ3) is 3.75. The molecule has 0 spiro atoms. The van der Waals surface area contributed by atoms with E-state index in [1.807, 2.05) is 32.0 Å². The Hall–Kier alpha value is -4.24. The Kier molecular flexibility index (Phi) is 5.25. The van der Waals surface area contributed by atoms with Gasteiger partial charge in [0.05, 0.1) is 28.2 Å². The Bertz CT molecular complexity index is 1630. The Labute approximate surface area is 199 Å². The fourth-order valence-corrected chi connectivity index (χ4v) is 3.85. The van der Waals surface area contributed by atoms with E-state index in [-0.39, 0.29) is 11.5 Å². The first-order chi connectivity index (χ1) is 16.3. The molecule has 3 aromatic heterocycles. The summed E-state index contributed by atoms with van der Waals surface area (Å²) in [5.41, 5.74) is 3.98. The highest BCUT2D eigenvalue weighted by Crippen LogP contribution is 2.21. The standard InChI is InChI=1S/C24H20ClN7O2/c1-13-8-9-16(10-14(13)2)31-21-18(12-26-31)23(34)29-24(28-21)32-20(11-15(3)30-32)27-22(33)17-6-4-5-7-19(17)25/h4-12H,1-3H3,(H,27,33)(H,28,29,34). The van der Waals surface area contributed by atoms with E-state index in [1.54, 1.807) is 41.9 Å². The second-order valence-electron chi connectivity index (χ2n) is 7.97. The lowest BCUT2D eigenvalue weighted by atomic mass is 10.1. The maximum Gasteiger partial charge on any atom is 0.263 e. The molecule has 170 valence electrons. The van der Waals surface area contributed by atoms with Crippen LogP contribution in [0.1, 0.15) is 27.2 Å². The molecule has 0 unspecified atom stereocenters. The quantitative estimate of drug-likeness (QED) is 0.408. The number of carbonyl (C=O) groups excluding carboxylic acids is 1. The van der Waals surface area contributed by atoms with Crippen LogP contribution in [-0.2, 0) is 0 Å². The number of halogens is 1. The van der Waals surface area contributed by atoms with Gasteiger partial charge in [-0.2, -0.15) is 19.9 Å². The number of nitrogens with zero attached hydrogens (tertiary/aromatic N) is 5. The predicted molar refractivity (Wildman–Crippen MR) is 130 cm³/mol. The van der Waals surface area contributed by atoms with Crippen LogP contribution in [0.5, 0.6) is 0 Å². The number of hydrogen-bond donors (Lipinski definition) is 2. The van der Waals surface area contributed by atoms with E-state index in [0.717, 1.165) is 16.8 Å². The maximum absolute atomic E-state index is 12.9. The van der Waals surface area contributed by atoms with Crippen molar-refractivity contribution in [3.05, 3.63) is 92.5 Å². The molecular formula is C24H20ClN7O2. The molecule has 9 nitrogen and oxygen atoms in total. The molecule has 2 aromatic carbocycles. The first kappa shape index (κ1) is 21.6. The zero-order valence-corrected chi connectivity index (χ0v) is 19.4. The van der Waals surface area contributed by atoms with Crippen molar-refractivity contribution in [2.24, 2.45) is 0 Å². The van der Waals surface area contributed by atoms with Crippen molar-refractivity contribution in [2.45, 2.75) is 20.8 Å². The summed E-state index contributed by atoms with van der Waals surface area (Å²) in [5, 5.41) is 12.3. The van der Waals surface area contributed by atoms with Gasteiger partial charge >= 0.3 is 0 Å². The van der Waals surface area contributed by atoms with Gasteiger partial charge in [0.2, 0.25) is 5.95 Å². The summed E-state index contributed by atoms with van der Waals surface area (Å²) >= 11 is 6.16. The fourth-order valence-electron chi connectivity index (χ4n) is 3.63. The Morgan fingerprint density at radius 1 is 1.03 bits per heavy atom. The van der Waals surface area contributed by atoms with Gasteiger partial charge in [0.15, 0.2) is 5.65 Å². The summed E-state index contributed by atoms with van der Waals surface area (Å²) in [5.74, 6) is 0.0724. The number of benzene rings is 2. The molecule has 0 aliphatic carbocycles. The van der Waals surface area contributed by atoms with Crippen LogP contribution in [0.3, 0.4) is 0 Å². The second-order valence-corrected chi connectivity index (χ2v) is 8.38. The molecule has 0 aliphatic heterocycles. The Balaban J connectivity index is 1.60. The first-order valence-corrected chi connectivity index (χ1v) is 10.9. The Morgan fingerprint density at radius 2 is 1.82 bits per heavy atom. The summed E-state index contributed by atoms with van der Waals surface area (Å²) in [6.07, 6.45) is 1.48. The molecule has 34 heavy (non-hydrogen) atoms. The molecular weight excluding hydrogens is 454 g/mol. The smallest absolute Gasteiger partial charge is 0.263 e. The van der Waals surface area contributed by atoms with Crippen LogP contribution >= 0.6 is 11.6 Å². The van der Waals surface area contributed by atoms with Crippen LogP contribution in [-0.4, -0.2) is 35.4 Å². The minimum atomic E-state index is -0.407. The number of H-pyrrole nitrogens is 1. The minimum absolute atomic E-state index is 0.144. The van der Waals surface area contributed by atoms with Gasteiger partial charge in [-0.15, -0.1) is 0 Å². The van der Waals surface area contributed by atoms with Crippen LogP contribution in [0.4, 0.5) is 5.82 Å². The molecule has 0 saturated heterocycles. The van der Waals surface area contributed by atoms with E-state index in [1.165, 1.54) is 10.9 Å². The largest absolute Gasteiger partial charge is 0.306 e. The molecule has 5 rings (SSSR count). The number of nitrogens with one attached hydrogen (secondary N) is 2. The molecule has 0 aliphatic rings. The monoisotopic (exact) mass is 473 g/mol. The highest BCUT2D eigenvalue weighted by molar-refractivity contribution is 6.34. The van der Waals surface area contributed by atoms with Gasteiger partial charge in [0.1, 0.15) is 11.2 Å². The van der Waals surface area contributed by atoms with Crippen LogP contribution < -0.4 is 10.9 Å². The molecule has 3 heterocycles. The number of rotatable bonds is 4. The molecule has 1 amide bonds. The van der Waals surface area contributed by atoms with Crippen molar-refractivity contribution < 1.29 is 4.79 Å². The lowest BCUT2D eigenvalue weighted by Crippen LogP contribution is -2.19. The van der Waals surface area contributed by atoms with Gasteiger partial charge in [-0.1, -0.05) is 29.8 Å². The molecule has 2 N–H and O–H groups in total. The minimum Gasteiger partial charge on any atom is -0.306 e. The molecule has 0 bridgehead atoms. The van der Waals surface area contributed by atoms with Gasteiger partial charge in [-0.25, -0.2) is 4.68 Å². The number of carbonyl (C=O) groups is 1. The second kappa shape index (κ2) is 8.27. The highest BCUT2D eigenvalue weighted by atomic mass is 35.5. The van der Waals surface area contributed by atoms with Crippen molar-refractivity contribution in [1.82, 2.24) is 29.5 Å². The van der Waals surface area contributed by atoms with Gasteiger partial charge in [0.25, 0.3) is 11.5 Å². The summed E-state index contributed by atoms with van der Waals surface area (Å²) < 4.78 is 2.99. The number of fused-ring (bicyclic) bond motifs is 1. The van der Waals surface area contributed by atoms with Crippen molar-refractivity contribution in [2.75, 3.05) is 5.32 Å². The number of amides is 1. The third-order valence-corrected chi connectivity index (χ3v) is 5.88. The summed E-state index contributed by atoms with van der Waals surface area (Å²) in [7, 11) is 0. The van der Waals surface area contributed by atoms with Gasteiger partial charge in [0, 0.05) is 6.07 Å². The summed E-state index contributed by atoms with van der Waals surface area (Å²) in [4.78, 5) is 33.0. The van der Waals surface area contributed by atoms with E-state index in [9.17, 15) is 9.59 Å². The summed E-state index contributed by atoms with van der Waals surface area (Å²) in [6, 6.07) is 14.3. The summed E-state index contributed by atoms with van der Waals surface area (Å²) in [6.45, 7) is 5.81. The molecule has 5 aromatic rings. The SMILES string of the molecule is Cc1cc(NC(=O)c2ccccc2Cl)n(-c2nc3c(cnn3-c3ccc(C)c(C)c3)c(=O)[nH]2)n1. The van der Waals surface area contributed by atoms with Gasteiger partial charge in [-0.05, 0) is 56.2 Å². The first-order valence-electron chi connectivity index (χ1n) is 10.5. The average Bonchev–Trinajstić information content (AvgIpc) is 3.39.